The molecule has 0 saturated heterocycles. The lowest BCUT2D eigenvalue weighted by Crippen LogP contribution is -3.07. The van der Waals surface area contributed by atoms with E-state index in [2.05, 4.69) is 11.3 Å². The van der Waals surface area contributed by atoms with Crippen molar-refractivity contribution in [1.29, 1.82) is 0 Å². The molecule has 0 aromatic rings. The van der Waals surface area contributed by atoms with Crippen molar-refractivity contribution >= 4 is 5.97 Å². The van der Waals surface area contributed by atoms with E-state index in [0.717, 1.165) is 0 Å². The minimum atomic E-state index is -8.04. The molecule has 37 heavy (non-hydrogen) atoms. The Morgan fingerprint density at radius 3 is 1.16 bits per heavy atom. The second kappa shape index (κ2) is 6.93. The number of hydrogen-bond acceptors (Lipinski definition) is 2. The quantitative estimate of drug-likeness (QED) is 0.205. The minimum absolute atomic E-state index is 2.14. The highest BCUT2D eigenvalue weighted by atomic mass is 19.3. The first kappa shape index (κ1) is 29.5. The topological polar surface area (TPSA) is 26.3 Å². The normalized spacial score (nSPS) is 41.9. The number of ether oxygens (including phenoxy) is 1. The van der Waals surface area contributed by atoms with E-state index in [1.165, 1.54) is 0 Å². The molecule has 0 aromatic carbocycles. The highest BCUT2D eigenvalue weighted by Crippen LogP contribution is 2.91. The predicted molar refractivity (Wildman–Crippen MR) is 79.0 cm³/mol. The highest BCUT2D eigenvalue weighted by Gasteiger charge is 3.22. The molecule has 0 aliphatic heterocycles. The molecule has 0 spiro atoms. The van der Waals surface area contributed by atoms with Gasteiger partial charge in [-0.05, 0) is 0 Å². The van der Waals surface area contributed by atoms with Crippen molar-refractivity contribution in [1.82, 2.24) is 0 Å². The smallest absolute Gasteiger partial charge is 0.366 e. The predicted octanol–water partition coefficient (Wildman–Crippen LogP) is 6.39. The van der Waals surface area contributed by atoms with Crippen LogP contribution < -0.4 is 0 Å². The van der Waals surface area contributed by atoms with Gasteiger partial charge in [0.05, 0.1) is 0 Å². The maximum absolute atomic E-state index is 15.0. The molecule has 0 N–H and O–H groups in total. The molecule has 20 heteroatoms. The summed E-state index contributed by atoms with van der Waals surface area (Å²) >= 11 is 0. The molecule has 4 aliphatic rings. The summed E-state index contributed by atoms with van der Waals surface area (Å²) in [5.41, 5.74) is -30.8. The third kappa shape index (κ3) is 2.29. The fraction of sp³-hybridized carbons (Fsp3) is 0.824. The van der Waals surface area contributed by atoms with Crippen molar-refractivity contribution in [3.8, 4) is 0 Å². The van der Waals surface area contributed by atoms with Crippen LogP contribution in [0.2, 0.25) is 0 Å². The van der Waals surface area contributed by atoms with Gasteiger partial charge >= 0.3 is 58.5 Å². The van der Waals surface area contributed by atoms with Gasteiger partial charge < -0.3 is 4.74 Å². The van der Waals surface area contributed by atoms with Gasteiger partial charge in [-0.2, -0.15) is 30.7 Å². The van der Waals surface area contributed by atoms with Crippen molar-refractivity contribution in [3.63, 3.8) is 0 Å². The third-order valence-corrected chi connectivity index (χ3v) is 6.97. The number of carbonyl (C=O) groups excluding carboxylic acids is 1. The van der Waals surface area contributed by atoms with Crippen LogP contribution in [-0.2, 0) is 9.53 Å². The van der Waals surface area contributed by atoms with Crippen molar-refractivity contribution in [2.24, 2.45) is 5.41 Å². The number of carbonyl (C=O) groups is 1. The summed E-state index contributed by atoms with van der Waals surface area (Å²) in [6, 6.07) is 0. The first-order valence-electron chi connectivity index (χ1n) is 9.29. The summed E-state index contributed by atoms with van der Waals surface area (Å²) in [6.07, 6.45) is -14.2. The van der Waals surface area contributed by atoms with Crippen LogP contribution >= 0.6 is 0 Å². The number of hydrogen-bond donors (Lipinski definition) is 0. The third-order valence-electron chi connectivity index (χ3n) is 6.97. The Balaban J connectivity index is 2.52. The van der Waals surface area contributed by atoms with Crippen LogP contribution in [0.25, 0.3) is 0 Å². The van der Waals surface area contributed by atoms with E-state index < -0.39 is 95.1 Å². The standard InChI is InChI=1S/C17H8F18O2/c1-4(18)7(36)37-5(2-6(19)20)3-8-12(24,25)9(21)15(30,31)10(22,13(8,26)27)17(34,35)11(23,14(8,28)29)16(9,32)33/h5-6H,1-3H2. The zero-order chi connectivity index (χ0) is 29.4. The van der Waals surface area contributed by atoms with E-state index in [-0.39, 0.29) is 0 Å². The molecule has 2 nitrogen and oxygen atoms in total. The lowest BCUT2D eigenvalue weighted by atomic mass is 9.36. The van der Waals surface area contributed by atoms with Crippen LogP contribution in [0.4, 0.5) is 79.0 Å². The van der Waals surface area contributed by atoms with E-state index >= 15 is 39.5 Å². The summed E-state index contributed by atoms with van der Waals surface area (Å²) < 4.78 is 263. The first-order valence-corrected chi connectivity index (χ1v) is 9.29. The zero-order valence-corrected chi connectivity index (χ0v) is 16.9. The molecule has 4 saturated carbocycles. The fourth-order valence-electron chi connectivity index (χ4n) is 5.27. The van der Waals surface area contributed by atoms with Gasteiger partial charge in [0.25, 0.3) is 0 Å². The molecule has 0 heterocycles. The first-order chi connectivity index (χ1) is 16.1. The number of alkyl halides is 17. The molecular weight excluding hydrogens is 578 g/mol. The van der Waals surface area contributed by atoms with Crippen LogP contribution in [-0.4, -0.2) is 71.0 Å². The van der Waals surface area contributed by atoms with Gasteiger partial charge in [-0.1, -0.05) is 6.58 Å². The minimum Gasteiger partial charge on any atom is -0.457 e. The van der Waals surface area contributed by atoms with E-state index in [1.807, 2.05) is 0 Å². The van der Waals surface area contributed by atoms with E-state index in [0.29, 0.717) is 0 Å². The summed E-state index contributed by atoms with van der Waals surface area (Å²) in [4.78, 5) is 11.2. The lowest BCUT2D eigenvalue weighted by molar-refractivity contribution is -0.614. The Bertz CT molecular complexity index is 920. The Morgan fingerprint density at radius 1 is 0.622 bits per heavy atom. The largest absolute Gasteiger partial charge is 0.457 e. The van der Waals surface area contributed by atoms with Gasteiger partial charge in [0.15, 0.2) is 5.41 Å². The molecule has 214 valence electrons. The SMILES string of the molecule is C=C(F)C(=O)OC(CC(F)F)CC12C(F)(F)C3(F)C(F)(F)C(F)(C(F)(F)C(F)(C3(F)F)C1(F)F)C2(F)F. The van der Waals surface area contributed by atoms with Crippen LogP contribution in [0.5, 0.6) is 0 Å². The molecule has 4 rings (SSSR count). The van der Waals surface area contributed by atoms with Crippen molar-refractivity contribution in [2.75, 3.05) is 0 Å². The van der Waals surface area contributed by atoms with Gasteiger partial charge in [-0.3, -0.25) is 0 Å². The molecule has 1 atom stereocenters. The van der Waals surface area contributed by atoms with Crippen molar-refractivity contribution in [2.45, 2.75) is 77.9 Å². The summed E-state index contributed by atoms with van der Waals surface area (Å²) in [6.45, 7) is 2.14. The summed E-state index contributed by atoms with van der Waals surface area (Å²) in [5, 5.41) is 0. The fourth-order valence-corrected chi connectivity index (χ4v) is 5.27. The van der Waals surface area contributed by atoms with E-state index in [1.54, 1.807) is 0 Å². The van der Waals surface area contributed by atoms with Gasteiger partial charge in [-0.25, -0.2) is 53.1 Å². The summed E-state index contributed by atoms with van der Waals surface area (Å²) in [7, 11) is 0. The molecular formula is C17H8F18O2. The van der Waals surface area contributed by atoms with Crippen molar-refractivity contribution in [3.05, 3.63) is 12.4 Å². The van der Waals surface area contributed by atoms with Crippen LogP contribution in [0, 0.1) is 5.41 Å². The molecule has 4 fully saturated rings. The van der Waals surface area contributed by atoms with Crippen molar-refractivity contribution < 1.29 is 88.6 Å². The van der Waals surface area contributed by atoms with Crippen LogP contribution in [0.3, 0.4) is 0 Å². The Morgan fingerprint density at radius 2 is 0.919 bits per heavy atom. The highest BCUT2D eigenvalue weighted by molar-refractivity contribution is 5.85. The maximum Gasteiger partial charge on any atom is 0.366 e. The Kier molecular flexibility index (Phi) is 5.52. The molecule has 4 bridgehead atoms. The number of rotatable bonds is 6. The van der Waals surface area contributed by atoms with Gasteiger partial charge in [0, 0.05) is 12.8 Å². The Hall–Kier alpha value is -2.05. The van der Waals surface area contributed by atoms with Gasteiger partial charge in [0.2, 0.25) is 12.3 Å². The molecule has 1 unspecified atom stereocenters. The zero-order valence-electron chi connectivity index (χ0n) is 16.9. The van der Waals surface area contributed by atoms with E-state index in [9.17, 15) is 44.3 Å². The molecule has 0 amide bonds. The summed E-state index contributed by atoms with van der Waals surface area (Å²) in [5.74, 6) is -52.8. The monoisotopic (exact) mass is 586 g/mol. The van der Waals surface area contributed by atoms with Gasteiger partial charge in [0.1, 0.15) is 6.10 Å². The average Bonchev–Trinajstić information content (AvgIpc) is 2.70. The molecule has 0 radical (unpaired) electrons. The molecule has 4 aliphatic carbocycles. The lowest BCUT2D eigenvalue weighted by Gasteiger charge is -2.75. The van der Waals surface area contributed by atoms with Crippen LogP contribution in [0.1, 0.15) is 12.8 Å². The Labute approximate surface area is 191 Å². The number of halogens is 18. The second-order valence-corrected chi connectivity index (χ2v) is 8.59. The van der Waals surface area contributed by atoms with Gasteiger partial charge in [-0.15, -0.1) is 0 Å². The van der Waals surface area contributed by atoms with Crippen LogP contribution in [0.15, 0.2) is 12.4 Å². The average molecular weight is 586 g/mol. The second-order valence-electron chi connectivity index (χ2n) is 8.59. The maximum atomic E-state index is 15.0. The van der Waals surface area contributed by atoms with E-state index in [4.69, 9.17) is 0 Å². The molecule has 0 aromatic heterocycles. The number of esters is 1.